The van der Waals surface area contributed by atoms with Gasteiger partial charge in [-0.25, -0.2) is 0 Å². The third-order valence-electron chi connectivity index (χ3n) is 2.68. The molecule has 2 N–H and O–H groups in total. The summed E-state index contributed by atoms with van der Waals surface area (Å²) < 4.78 is 0. The molecule has 1 amide bonds. The van der Waals surface area contributed by atoms with Gasteiger partial charge in [0, 0.05) is 18.9 Å². The number of nitrogens with one attached hydrogen (secondary N) is 2. The molecule has 2 aromatic rings. The van der Waals surface area contributed by atoms with Gasteiger partial charge in [0.05, 0.1) is 11.3 Å². The zero-order valence-corrected chi connectivity index (χ0v) is 11.9. The number of carbonyl (C=O) groups is 1. The molecule has 1 heterocycles. The van der Waals surface area contributed by atoms with Gasteiger partial charge in [-0.1, -0.05) is 30.4 Å². The van der Waals surface area contributed by atoms with Crippen LogP contribution in [0.4, 0.5) is 5.69 Å². The highest BCUT2D eigenvalue weighted by molar-refractivity contribution is 7.82. The van der Waals surface area contributed by atoms with Gasteiger partial charge in [0.15, 0.2) is 4.99 Å². The fourth-order valence-electron chi connectivity index (χ4n) is 1.63. The number of anilines is 1. The van der Waals surface area contributed by atoms with Crippen molar-refractivity contribution in [3.8, 4) is 6.07 Å². The topological polar surface area (TPSA) is 77.8 Å². The lowest BCUT2D eigenvalue weighted by Crippen LogP contribution is -2.33. The lowest BCUT2D eigenvalue weighted by atomic mass is 10.2. The van der Waals surface area contributed by atoms with E-state index in [9.17, 15) is 4.79 Å². The van der Waals surface area contributed by atoms with E-state index in [0.717, 1.165) is 5.56 Å². The third-order valence-corrected chi connectivity index (χ3v) is 3.01. The second-order valence-corrected chi connectivity index (χ2v) is 4.56. The van der Waals surface area contributed by atoms with Crippen LogP contribution in [0.5, 0.6) is 0 Å². The minimum atomic E-state index is -0.448. The lowest BCUT2D eigenvalue weighted by molar-refractivity contribution is -0.110. The van der Waals surface area contributed by atoms with Gasteiger partial charge < -0.3 is 10.6 Å². The number of hydrogen-bond donors (Lipinski definition) is 2. The summed E-state index contributed by atoms with van der Waals surface area (Å²) in [5.41, 5.74) is 1.75. The number of rotatable bonds is 3. The maximum absolute atomic E-state index is 12.0. The van der Waals surface area contributed by atoms with Gasteiger partial charge in [0.1, 0.15) is 6.07 Å². The predicted octanol–water partition coefficient (Wildman–Crippen LogP) is 2.01. The molecule has 1 aromatic carbocycles. The maximum atomic E-state index is 12.0. The minimum absolute atomic E-state index is 0.0617. The van der Waals surface area contributed by atoms with Crippen molar-refractivity contribution in [3.63, 3.8) is 0 Å². The molecule has 104 valence electrons. The standard InChI is InChI=1S/C15H12N4OS/c16-8-12-5-1-2-6-13(12)19-14(20)15(21)18-10-11-4-3-7-17-9-11/h1-7,9H,10H2,(H,18,21)(H,19,20). The first kappa shape index (κ1) is 14.6. The summed E-state index contributed by atoms with van der Waals surface area (Å²) in [5, 5.41) is 14.4. The van der Waals surface area contributed by atoms with Crippen LogP contribution in [0.2, 0.25) is 0 Å². The summed E-state index contributed by atoms with van der Waals surface area (Å²) >= 11 is 5.03. The molecule has 0 saturated heterocycles. The van der Waals surface area contributed by atoms with Gasteiger partial charge in [0.2, 0.25) is 0 Å². The van der Waals surface area contributed by atoms with Crippen LogP contribution in [-0.4, -0.2) is 15.9 Å². The number of nitrogens with zero attached hydrogens (tertiary/aromatic N) is 2. The Bertz CT molecular complexity index is 694. The molecule has 1 aromatic heterocycles. The summed E-state index contributed by atoms with van der Waals surface area (Å²) in [5.74, 6) is -0.448. The molecule has 6 heteroatoms. The second-order valence-electron chi connectivity index (χ2n) is 4.16. The van der Waals surface area contributed by atoms with E-state index < -0.39 is 5.91 Å². The summed E-state index contributed by atoms with van der Waals surface area (Å²) in [6.07, 6.45) is 3.37. The molecule has 0 radical (unpaired) electrons. The van der Waals surface area contributed by atoms with Gasteiger partial charge in [0.25, 0.3) is 5.91 Å². The van der Waals surface area contributed by atoms with Crippen molar-refractivity contribution < 1.29 is 4.79 Å². The highest BCUT2D eigenvalue weighted by Gasteiger charge is 2.11. The van der Waals surface area contributed by atoms with Crippen LogP contribution in [0.3, 0.4) is 0 Å². The SMILES string of the molecule is N#Cc1ccccc1NC(=O)C(=S)NCc1cccnc1. The van der Waals surface area contributed by atoms with Crippen LogP contribution in [0.1, 0.15) is 11.1 Å². The number of hydrogen-bond acceptors (Lipinski definition) is 4. The summed E-state index contributed by atoms with van der Waals surface area (Å²) in [7, 11) is 0. The van der Waals surface area contributed by atoms with Crippen LogP contribution in [-0.2, 0) is 11.3 Å². The number of aromatic nitrogens is 1. The van der Waals surface area contributed by atoms with Gasteiger partial charge in [-0.2, -0.15) is 5.26 Å². The van der Waals surface area contributed by atoms with Crippen molar-refractivity contribution in [1.29, 1.82) is 5.26 Å². The van der Waals surface area contributed by atoms with Crippen LogP contribution >= 0.6 is 12.2 Å². The Kier molecular flexibility index (Phi) is 4.96. The highest BCUT2D eigenvalue weighted by atomic mass is 32.1. The largest absolute Gasteiger partial charge is 0.368 e. The van der Waals surface area contributed by atoms with E-state index in [1.807, 2.05) is 18.2 Å². The molecule has 0 fully saturated rings. The van der Waals surface area contributed by atoms with E-state index >= 15 is 0 Å². The Balaban J connectivity index is 1.94. The Morgan fingerprint density at radius 3 is 2.81 bits per heavy atom. The molecule has 5 nitrogen and oxygen atoms in total. The molecule has 0 aliphatic heterocycles. The molecular formula is C15H12N4OS. The fourth-order valence-corrected chi connectivity index (χ4v) is 1.76. The normalized spacial score (nSPS) is 9.48. The van der Waals surface area contributed by atoms with Crippen LogP contribution in [0.15, 0.2) is 48.8 Å². The molecule has 0 spiro atoms. The third kappa shape index (κ3) is 4.09. The lowest BCUT2D eigenvalue weighted by Gasteiger charge is -2.09. The first-order valence-electron chi connectivity index (χ1n) is 6.18. The van der Waals surface area contributed by atoms with Gasteiger partial charge in [-0.3, -0.25) is 9.78 Å². The number of para-hydroxylation sites is 1. The summed E-state index contributed by atoms with van der Waals surface area (Å²) in [6.45, 7) is 0.417. The minimum Gasteiger partial charge on any atom is -0.368 e. The number of thiocarbonyl (C=S) groups is 1. The number of amides is 1. The smallest absolute Gasteiger partial charge is 0.283 e. The first-order chi connectivity index (χ1) is 10.2. The van der Waals surface area contributed by atoms with Crippen LogP contribution < -0.4 is 10.6 Å². The van der Waals surface area contributed by atoms with E-state index in [4.69, 9.17) is 17.5 Å². The number of carbonyl (C=O) groups excluding carboxylic acids is 1. The number of nitriles is 1. The molecule has 0 saturated carbocycles. The molecule has 0 bridgehead atoms. The van der Waals surface area contributed by atoms with E-state index in [2.05, 4.69) is 15.6 Å². The predicted molar refractivity (Wildman–Crippen MR) is 83.5 cm³/mol. The zero-order chi connectivity index (χ0) is 15.1. The average Bonchev–Trinajstić information content (AvgIpc) is 2.54. The quantitative estimate of drug-likeness (QED) is 0.847. The molecular weight excluding hydrogens is 284 g/mol. The van der Waals surface area contributed by atoms with Crippen molar-refractivity contribution in [3.05, 3.63) is 59.9 Å². The van der Waals surface area contributed by atoms with E-state index in [1.54, 1.807) is 36.7 Å². The molecule has 0 aliphatic carbocycles. The average molecular weight is 296 g/mol. The van der Waals surface area contributed by atoms with E-state index in [1.165, 1.54) is 0 Å². The van der Waals surface area contributed by atoms with E-state index in [0.29, 0.717) is 17.8 Å². The first-order valence-corrected chi connectivity index (χ1v) is 6.58. The number of benzene rings is 1. The number of pyridine rings is 1. The molecule has 0 atom stereocenters. The van der Waals surface area contributed by atoms with Crippen LogP contribution in [0, 0.1) is 11.3 Å². The van der Waals surface area contributed by atoms with E-state index in [-0.39, 0.29) is 4.99 Å². The van der Waals surface area contributed by atoms with Gasteiger partial charge in [-0.15, -0.1) is 0 Å². The summed E-state index contributed by atoms with van der Waals surface area (Å²) in [6, 6.07) is 12.4. The van der Waals surface area contributed by atoms with Gasteiger partial charge >= 0.3 is 0 Å². The van der Waals surface area contributed by atoms with Crippen molar-refractivity contribution in [2.45, 2.75) is 6.54 Å². The second kappa shape index (κ2) is 7.12. The van der Waals surface area contributed by atoms with Gasteiger partial charge in [-0.05, 0) is 23.8 Å². The fraction of sp³-hybridized carbons (Fsp3) is 0.0667. The van der Waals surface area contributed by atoms with Crippen LogP contribution in [0.25, 0.3) is 0 Å². The summed E-state index contributed by atoms with van der Waals surface area (Å²) in [4.78, 5) is 16.0. The van der Waals surface area contributed by atoms with Crippen molar-refractivity contribution in [2.75, 3.05) is 5.32 Å². The molecule has 21 heavy (non-hydrogen) atoms. The Morgan fingerprint density at radius 2 is 2.10 bits per heavy atom. The Morgan fingerprint density at radius 1 is 1.29 bits per heavy atom. The monoisotopic (exact) mass is 296 g/mol. The molecule has 0 unspecified atom stereocenters. The highest BCUT2D eigenvalue weighted by Crippen LogP contribution is 2.13. The zero-order valence-electron chi connectivity index (χ0n) is 11.0. The van der Waals surface area contributed by atoms with Crippen molar-refractivity contribution in [1.82, 2.24) is 10.3 Å². The van der Waals surface area contributed by atoms with Crippen molar-refractivity contribution >= 4 is 28.8 Å². The Labute approximate surface area is 127 Å². The van der Waals surface area contributed by atoms with Crippen molar-refractivity contribution in [2.24, 2.45) is 0 Å². The molecule has 2 rings (SSSR count). The Hall–Kier alpha value is -2.78. The maximum Gasteiger partial charge on any atom is 0.283 e. The molecule has 0 aliphatic rings.